The molecular weight excluding hydrogens is 561 g/mol. The van der Waals surface area contributed by atoms with Gasteiger partial charge < -0.3 is 14.4 Å². The lowest BCUT2D eigenvalue weighted by Gasteiger charge is -2.44. The molecule has 0 bridgehead atoms. The van der Waals surface area contributed by atoms with Crippen LogP contribution < -0.4 is 4.90 Å². The summed E-state index contributed by atoms with van der Waals surface area (Å²) in [6.07, 6.45) is 7.73. The average molecular weight is 594 g/mol. The molecule has 1 atom stereocenters. The second-order valence-electron chi connectivity index (χ2n) is 11.5. The Hall–Kier alpha value is -3.61. The molecular formula is C30H32FN5O5S. The highest BCUT2D eigenvalue weighted by Crippen LogP contribution is 2.46. The molecule has 2 aliphatic carbocycles. The van der Waals surface area contributed by atoms with Gasteiger partial charge in [0.2, 0.25) is 10.0 Å². The number of piperidine rings is 1. The Bertz CT molecular complexity index is 1630. The molecule has 4 aliphatic rings. The Morgan fingerprint density at radius 3 is 2.57 bits per heavy atom. The molecule has 3 fully saturated rings. The van der Waals surface area contributed by atoms with Gasteiger partial charge in [0.25, 0.3) is 0 Å². The van der Waals surface area contributed by atoms with Crippen LogP contribution in [-0.2, 0) is 30.7 Å². The lowest BCUT2D eigenvalue weighted by Crippen LogP contribution is -2.53. The molecule has 7 rings (SSSR count). The second kappa shape index (κ2) is 10.6. The maximum absolute atomic E-state index is 13.9. The van der Waals surface area contributed by atoms with Crippen LogP contribution in [0.1, 0.15) is 30.5 Å². The highest BCUT2D eigenvalue weighted by atomic mass is 32.2. The number of fused-ring (bicyclic) bond motifs is 2. The van der Waals surface area contributed by atoms with Crippen molar-refractivity contribution < 1.29 is 27.1 Å². The topological polar surface area (TPSA) is 107 Å². The number of hydrogen-bond donors (Lipinski definition) is 0. The van der Waals surface area contributed by atoms with Crippen molar-refractivity contribution in [3.63, 3.8) is 0 Å². The van der Waals surface area contributed by atoms with E-state index >= 15 is 0 Å². The van der Waals surface area contributed by atoms with Crippen LogP contribution in [0.5, 0.6) is 0 Å². The molecule has 0 radical (unpaired) electrons. The van der Waals surface area contributed by atoms with Crippen molar-refractivity contribution in [2.45, 2.75) is 30.6 Å². The number of benzene rings is 1. The van der Waals surface area contributed by atoms with Crippen LogP contribution in [0.4, 0.5) is 10.2 Å². The fraction of sp³-hybridized carbons (Fsp3) is 0.433. The monoisotopic (exact) mass is 593 g/mol. The van der Waals surface area contributed by atoms with Gasteiger partial charge in [-0.05, 0) is 85.2 Å². The summed E-state index contributed by atoms with van der Waals surface area (Å²) < 4.78 is 55.7. The maximum Gasteiger partial charge on any atom is 0.317 e. The number of aromatic nitrogens is 3. The van der Waals surface area contributed by atoms with Crippen LogP contribution in [0, 0.1) is 17.2 Å². The molecule has 0 spiro atoms. The molecule has 0 amide bonds. The number of hydrogen-bond acceptors (Lipinski definition) is 8. The predicted molar refractivity (Wildman–Crippen MR) is 152 cm³/mol. The van der Waals surface area contributed by atoms with Gasteiger partial charge in [0.15, 0.2) is 0 Å². The zero-order valence-electron chi connectivity index (χ0n) is 23.1. The van der Waals surface area contributed by atoms with E-state index < -0.39 is 21.4 Å². The summed E-state index contributed by atoms with van der Waals surface area (Å²) in [5.74, 6) is 0.341. The van der Waals surface area contributed by atoms with Crippen LogP contribution in [0.2, 0.25) is 0 Å². The molecule has 0 unspecified atom stereocenters. The first kappa shape index (κ1) is 27.2. The Balaban J connectivity index is 1.19. The van der Waals surface area contributed by atoms with Crippen molar-refractivity contribution in [2.75, 3.05) is 50.9 Å². The van der Waals surface area contributed by atoms with E-state index in [2.05, 4.69) is 15.0 Å². The molecule has 0 N–H and O–H groups in total. The van der Waals surface area contributed by atoms with E-state index in [4.69, 9.17) is 9.47 Å². The van der Waals surface area contributed by atoms with Crippen molar-refractivity contribution in [1.29, 1.82) is 0 Å². The number of pyridine rings is 1. The number of ether oxygens (including phenoxy) is 2. The highest BCUT2D eigenvalue weighted by Gasteiger charge is 2.52. The van der Waals surface area contributed by atoms with E-state index in [0.29, 0.717) is 56.8 Å². The van der Waals surface area contributed by atoms with Gasteiger partial charge >= 0.3 is 5.97 Å². The van der Waals surface area contributed by atoms with Crippen LogP contribution in [0.3, 0.4) is 0 Å². The van der Waals surface area contributed by atoms with Gasteiger partial charge in [0.1, 0.15) is 21.9 Å². The number of sulfonamides is 1. The van der Waals surface area contributed by atoms with Gasteiger partial charge in [0.05, 0.1) is 37.4 Å². The summed E-state index contributed by atoms with van der Waals surface area (Å²) in [6, 6.07) is 9.38. The number of carbonyl (C=O) groups is 1. The summed E-state index contributed by atoms with van der Waals surface area (Å²) >= 11 is 0. The third kappa shape index (κ3) is 4.91. The number of nitrogens with zero attached hydrogens (tertiary/aromatic N) is 5. The third-order valence-electron chi connectivity index (χ3n) is 8.68. The largest absolute Gasteiger partial charge is 0.465 e. The minimum Gasteiger partial charge on any atom is -0.465 e. The van der Waals surface area contributed by atoms with Crippen LogP contribution >= 0.6 is 0 Å². The first-order chi connectivity index (χ1) is 20.3. The number of rotatable bonds is 7. The summed E-state index contributed by atoms with van der Waals surface area (Å²) in [5.41, 5.74) is 1.98. The molecule has 2 aromatic heterocycles. The molecule has 12 heteroatoms. The van der Waals surface area contributed by atoms with Crippen LogP contribution in [-0.4, -0.2) is 79.5 Å². The van der Waals surface area contributed by atoms with Gasteiger partial charge in [-0.1, -0.05) is 0 Å². The van der Waals surface area contributed by atoms with E-state index in [1.807, 2.05) is 6.08 Å². The summed E-state index contributed by atoms with van der Waals surface area (Å²) in [6.45, 7) is 3.14. The molecule has 1 aromatic carbocycles. The lowest BCUT2D eigenvalue weighted by atomic mass is 9.69. The van der Waals surface area contributed by atoms with Crippen molar-refractivity contribution in [3.05, 3.63) is 71.4 Å². The minimum atomic E-state index is -3.93. The van der Waals surface area contributed by atoms with Gasteiger partial charge in [-0.2, -0.15) is 9.40 Å². The second-order valence-corrected chi connectivity index (χ2v) is 13.4. The van der Waals surface area contributed by atoms with Crippen LogP contribution in [0.25, 0.3) is 11.8 Å². The van der Waals surface area contributed by atoms with Gasteiger partial charge in [-0.25, -0.2) is 22.5 Å². The molecule has 4 heterocycles. The Labute approximate surface area is 243 Å². The van der Waals surface area contributed by atoms with Crippen LogP contribution in [0.15, 0.2) is 59.3 Å². The molecule has 2 aliphatic heterocycles. The summed E-state index contributed by atoms with van der Waals surface area (Å²) in [5, 5.41) is 4.54. The molecule has 1 saturated carbocycles. The van der Waals surface area contributed by atoms with Crippen molar-refractivity contribution in [2.24, 2.45) is 11.3 Å². The lowest BCUT2D eigenvalue weighted by molar-refractivity contribution is -0.155. The molecule has 2 saturated heterocycles. The van der Waals surface area contributed by atoms with Crippen molar-refractivity contribution >= 4 is 27.9 Å². The molecule has 3 aromatic rings. The van der Waals surface area contributed by atoms with E-state index in [1.54, 1.807) is 35.1 Å². The van der Waals surface area contributed by atoms with E-state index in [-0.39, 0.29) is 30.2 Å². The number of esters is 1. The Kier molecular flexibility index (Phi) is 6.87. The SMILES string of the molecule is O=C(OCC1CC1)[C@]12Cc3cnn(-c4ccc(F)cc4)c3C=C1CCN(S(=O)(=O)c1ccc(N3CCOCC3)nc1)C2. The van der Waals surface area contributed by atoms with Crippen molar-refractivity contribution in [1.82, 2.24) is 19.1 Å². The number of anilines is 1. The maximum atomic E-state index is 13.9. The number of morpholine rings is 1. The normalized spacial score (nSPS) is 22.7. The highest BCUT2D eigenvalue weighted by molar-refractivity contribution is 7.89. The minimum absolute atomic E-state index is 0.0307. The predicted octanol–water partition coefficient (Wildman–Crippen LogP) is 3.22. The first-order valence-corrected chi connectivity index (χ1v) is 15.8. The number of carbonyl (C=O) groups excluding carboxylic acids is 1. The Morgan fingerprint density at radius 1 is 1.07 bits per heavy atom. The zero-order chi connectivity index (χ0) is 28.9. The fourth-order valence-corrected chi connectivity index (χ4v) is 7.49. The summed E-state index contributed by atoms with van der Waals surface area (Å²) in [7, 11) is -3.93. The van der Waals surface area contributed by atoms with Crippen molar-refractivity contribution in [3.8, 4) is 5.69 Å². The van der Waals surface area contributed by atoms with Gasteiger partial charge in [-0.15, -0.1) is 0 Å². The standard InChI is InChI=1S/C30H32FN5O5S/c31-24-3-5-25(6-4-24)36-27-15-23-9-10-35(20-30(23,16-22(27)17-33-36)29(37)41-19-21-1-2-21)42(38,39)26-7-8-28(32-18-26)34-11-13-40-14-12-34/h3-8,15,17-18,21H,1-2,9-14,16,19-20H2/t30-/m0/s1. The quantitative estimate of drug-likeness (QED) is 0.385. The smallest absolute Gasteiger partial charge is 0.317 e. The molecule has 42 heavy (non-hydrogen) atoms. The van der Waals surface area contributed by atoms with E-state index in [0.717, 1.165) is 29.7 Å². The summed E-state index contributed by atoms with van der Waals surface area (Å²) in [4.78, 5) is 20.5. The first-order valence-electron chi connectivity index (χ1n) is 14.3. The third-order valence-corrected chi connectivity index (χ3v) is 10.5. The Morgan fingerprint density at radius 2 is 1.86 bits per heavy atom. The molecule has 220 valence electrons. The van der Waals surface area contributed by atoms with E-state index in [9.17, 15) is 17.6 Å². The zero-order valence-corrected chi connectivity index (χ0v) is 23.9. The van der Waals surface area contributed by atoms with E-state index in [1.165, 1.54) is 22.6 Å². The number of halogens is 1. The molecule has 10 nitrogen and oxygen atoms in total. The fourth-order valence-electron chi connectivity index (χ4n) is 6.05. The average Bonchev–Trinajstić information content (AvgIpc) is 3.77. The van der Waals surface area contributed by atoms with Gasteiger partial charge in [0, 0.05) is 32.4 Å². The van der Waals surface area contributed by atoms with Gasteiger partial charge in [-0.3, -0.25) is 4.79 Å².